The number of hydrogen-bond donors (Lipinski definition) is 1. The predicted octanol–water partition coefficient (Wildman–Crippen LogP) is 1.50. The molecule has 0 aliphatic carbocycles. The molecule has 1 aliphatic rings. The Bertz CT molecular complexity index is 617. The summed E-state index contributed by atoms with van der Waals surface area (Å²) in [5.41, 5.74) is 6.01. The first-order chi connectivity index (χ1) is 9.31. The van der Waals surface area contributed by atoms with E-state index in [1.807, 2.05) is 0 Å². The summed E-state index contributed by atoms with van der Waals surface area (Å²) in [6.45, 7) is 1.76. The minimum absolute atomic E-state index is 0.0312. The molecule has 2 rings (SSSR count). The summed E-state index contributed by atoms with van der Waals surface area (Å²) in [6.07, 6.45) is 0.0312. The molecule has 2 amide bonds. The highest BCUT2D eigenvalue weighted by atomic mass is 79.9. The second-order valence-electron chi connectivity index (χ2n) is 4.65. The molecule has 1 heterocycles. The summed E-state index contributed by atoms with van der Waals surface area (Å²) in [4.78, 5) is 34.9. The summed E-state index contributed by atoms with van der Waals surface area (Å²) in [7, 11) is 0. The van der Waals surface area contributed by atoms with Crippen LogP contribution in [0.1, 0.15) is 12.0 Å². The van der Waals surface area contributed by atoms with Crippen molar-refractivity contribution >= 4 is 39.1 Å². The second-order valence-corrected chi connectivity index (χ2v) is 5.51. The van der Waals surface area contributed by atoms with Crippen LogP contribution in [0.3, 0.4) is 0 Å². The number of nitrogens with zero attached hydrogens (tertiary/aromatic N) is 2. The Kier molecular flexibility index (Phi) is 3.76. The van der Waals surface area contributed by atoms with Crippen molar-refractivity contribution < 1.29 is 14.5 Å². The van der Waals surface area contributed by atoms with Gasteiger partial charge in [0.25, 0.3) is 5.69 Å². The lowest BCUT2D eigenvalue weighted by atomic mass is 10.1. The number of carbonyl (C=O) groups is 2. The first-order valence-corrected chi connectivity index (χ1v) is 6.64. The smallest absolute Gasteiger partial charge is 0.274 e. The normalized spacial score (nSPS) is 18.4. The van der Waals surface area contributed by atoms with Gasteiger partial charge in [-0.25, -0.2) is 0 Å². The summed E-state index contributed by atoms with van der Waals surface area (Å²) in [6, 6.07) is 2.92. The summed E-state index contributed by atoms with van der Waals surface area (Å²) >= 11 is 3.29. The topological polar surface area (TPSA) is 107 Å². The zero-order valence-electron chi connectivity index (χ0n) is 10.6. The molecule has 7 nitrogen and oxygen atoms in total. The van der Waals surface area contributed by atoms with Gasteiger partial charge in [0.05, 0.1) is 16.5 Å². The van der Waals surface area contributed by atoms with Crippen LogP contribution in [0.15, 0.2) is 16.6 Å². The van der Waals surface area contributed by atoms with Gasteiger partial charge in [-0.1, -0.05) is 0 Å². The average molecular weight is 342 g/mol. The number of nitro groups is 1. The van der Waals surface area contributed by atoms with Gasteiger partial charge in [0.2, 0.25) is 11.8 Å². The number of anilines is 1. The fourth-order valence-electron chi connectivity index (χ4n) is 2.18. The second kappa shape index (κ2) is 5.20. The van der Waals surface area contributed by atoms with Gasteiger partial charge in [0.15, 0.2) is 0 Å². The van der Waals surface area contributed by atoms with Gasteiger partial charge in [0.1, 0.15) is 0 Å². The minimum atomic E-state index is -0.560. The van der Waals surface area contributed by atoms with Crippen molar-refractivity contribution in [1.29, 1.82) is 0 Å². The van der Waals surface area contributed by atoms with E-state index < -0.39 is 16.7 Å². The number of rotatable bonds is 3. The largest absolute Gasteiger partial charge is 0.369 e. The zero-order valence-corrected chi connectivity index (χ0v) is 12.2. The van der Waals surface area contributed by atoms with Crippen LogP contribution in [-0.4, -0.2) is 23.3 Å². The van der Waals surface area contributed by atoms with Gasteiger partial charge in [-0.15, -0.1) is 0 Å². The van der Waals surface area contributed by atoms with Crippen LogP contribution in [0.2, 0.25) is 0 Å². The molecule has 1 atom stereocenters. The lowest BCUT2D eigenvalue weighted by Crippen LogP contribution is -2.28. The molecule has 0 aromatic heterocycles. The van der Waals surface area contributed by atoms with E-state index >= 15 is 0 Å². The number of benzene rings is 1. The Morgan fingerprint density at radius 1 is 1.55 bits per heavy atom. The average Bonchev–Trinajstić information content (AvgIpc) is 2.71. The van der Waals surface area contributed by atoms with E-state index in [2.05, 4.69) is 15.9 Å². The lowest BCUT2D eigenvalue weighted by molar-refractivity contribution is -0.385. The zero-order chi connectivity index (χ0) is 15.0. The van der Waals surface area contributed by atoms with Gasteiger partial charge in [0, 0.05) is 29.1 Å². The fraction of sp³-hybridized carbons (Fsp3) is 0.333. The molecule has 0 bridgehead atoms. The number of amides is 2. The Morgan fingerprint density at radius 3 is 2.70 bits per heavy atom. The molecule has 0 spiro atoms. The maximum absolute atomic E-state index is 11.9. The van der Waals surface area contributed by atoms with E-state index in [9.17, 15) is 19.7 Å². The highest BCUT2D eigenvalue weighted by Crippen LogP contribution is 2.36. The molecule has 1 unspecified atom stereocenters. The highest BCUT2D eigenvalue weighted by Gasteiger charge is 2.35. The molecular weight excluding hydrogens is 330 g/mol. The summed E-state index contributed by atoms with van der Waals surface area (Å²) in [5, 5.41) is 11.0. The van der Waals surface area contributed by atoms with Crippen molar-refractivity contribution in [3.8, 4) is 0 Å². The fourth-order valence-corrected chi connectivity index (χ4v) is 2.86. The van der Waals surface area contributed by atoms with E-state index in [1.54, 1.807) is 13.0 Å². The Morgan fingerprint density at radius 2 is 2.20 bits per heavy atom. The Balaban J connectivity index is 2.43. The number of nitrogens with two attached hydrogens (primary N) is 1. The predicted molar refractivity (Wildman–Crippen MR) is 75.2 cm³/mol. The van der Waals surface area contributed by atoms with E-state index in [1.165, 1.54) is 11.0 Å². The molecule has 1 aromatic carbocycles. The van der Waals surface area contributed by atoms with Gasteiger partial charge in [-0.05, 0) is 28.9 Å². The maximum Gasteiger partial charge on any atom is 0.274 e. The molecule has 1 fully saturated rings. The van der Waals surface area contributed by atoms with E-state index in [0.29, 0.717) is 15.7 Å². The van der Waals surface area contributed by atoms with Crippen LogP contribution in [0.4, 0.5) is 11.4 Å². The SMILES string of the molecule is Cc1cc(Br)c(N2CC(C(N)=O)CC2=O)cc1[N+](=O)[O-]. The molecule has 1 saturated heterocycles. The van der Waals surface area contributed by atoms with Gasteiger partial charge < -0.3 is 10.6 Å². The van der Waals surface area contributed by atoms with Crippen molar-refractivity contribution in [3.05, 3.63) is 32.3 Å². The van der Waals surface area contributed by atoms with Crippen molar-refractivity contribution in [3.63, 3.8) is 0 Å². The number of primary amides is 1. The van der Waals surface area contributed by atoms with Crippen molar-refractivity contribution in [2.45, 2.75) is 13.3 Å². The number of halogens is 1. The molecule has 1 aliphatic heterocycles. The molecule has 8 heteroatoms. The van der Waals surface area contributed by atoms with Crippen LogP contribution < -0.4 is 10.6 Å². The molecule has 106 valence electrons. The number of aryl methyl sites for hydroxylation is 1. The lowest BCUT2D eigenvalue weighted by Gasteiger charge is -2.18. The number of nitro benzene ring substituents is 1. The first kappa shape index (κ1) is 14.4. The summed E-state index contributed by atoms with van der Waals surface area (Å²) in [5.74, 6) is -1.37. The van der Waals surface area contributed by atoms with Crippen LogP contribution in [0.25, 0.3) is 0 Å². The third-order valence-electron chi connectivity index (χ3n) is 3.28. The van der Waals surface area contributed by atoms with Crippen LogP contribution in [0.5, 0.6) is 0 Å². The minimum Gasteiger partial charge on any atom is -0.369 e. The third-order valence-corrected chi connectivity index (χ3v) is 3.92. The first-order valence-electron chi connectivity index (χ1n) is 5.85. The van der Waals surface area contributed by atoms with E-state index in [4.69, 9.17) is 5.73 Å². The third kappa shape index (κ3) is 2.51. The molecule has 0 saturated carbocycles. The molecular formula is C12H12BrN3O4. The van der Waals surface area contributed by atoms with Gasteiger partial charge in [-0.2, -0.15) is 0 Å². The van der Waals surface area contributed by atoms with E-state index in [0.717, 1.165) is 0 Å². The monoisotopic (exact) mass is 341 g/mol. The molecule has 1 aromatic rings. The van der Waals surface area contributed by atoms with Crippen LogP contribution >= 0.6 is 15.9 Å². The maximum atomic E-state index is 11.9. The Hall–Kier alpha value is -1.96. The quantitative estimate of drug-likeness (QED) is 0.663. The van der Waals surface area contributed by atoms with Crippen molar-refractivity contribution in [1.82, 2.24) is 0 Å². The molecule has 0 radical (unpaired) electrons. The van der Waals surface area contributed by atoms with Gasteiger partial charge >= 0.3 is 0 Å². The standard InChI is InChI=1S/C12H12BrN3O4/c1-6-2-8(13)10(4-9(6)16(19)20)15-5-7(12(14)18)3-11(15)17/h2,4,7H,3,5H2,1H3,(H2,14,18). The van der Waals surface area contributed by atoms with Crippen molar-refractivity contribution in [2.24, 2.45) is 11.7 Å². The van der Waals surface area contributed by atoms with E-state index in [-0.39, 0.29) is 24.6 Å². The van der Waals surface area contributed by atoms with Crippen LogP contribution in [0, 0.1) is 23.0 Å². The van der Waals surface area contributed by atoms with Gasteiger partial charge in [-0.3, -0.25) is 19.7 Å². The highest BCUT2D eigenvalue weighted by molar-refractivity contribution is 9.10. The van der Waals surface area contributed by atoms with Crippen LogP contribution in [-0.2, 0) is 9.59 Å². The molecule has 20 heavy (non-hydrogen) atoms. The summed E-state index contributed by atoms with van der Waals surface area (Å²) < 4.78 is 0.569. The number of hydrogen-bond acceptors (Lipinski definition) is 4. The molecule has 2 N–H and O–H groups in total. The number of carbonyl (C=O) groups excluding carboxylic acids is 2. The van der Waals surface area contributed by atoms with Crippen molar-refractivity contribution in [2.75, 3.05) is 11.4 Å². The Labute approximate surface area is 123 Å².